The summed E-state index contributed by atoms with van der Waals surface area (Å²) in [5, 5.41) is 6.29. The molecule has 0 aliphatic carbocycles. The fourth-order valence-corrected chi connectivity index (χ4v) is 4.00. The molecule has 1 unspecified atom stereocenters. The highest BCUT2D eigenvalue weighted by molar-refractivity contribution is 7.14. The average molecular weight is 405 g/mol. The molecule has 4 heterocycles. The number of carbonyl (C=O) groups is 1. The SMILES string of the molecule is CCc1ccc(C(=O)C2=C(C(F)(F)F)Nc3ncnn3C2c2cccnc2)s1. The largest absolute Gasteiger partial charge is 0.431 e. The van der Waals surface area contributed by atoms with Crippen LogP contribution in [-0.2, 0) is 6.42 Å². The van der Waals surface area contributed by atoms with Crippen LogP contribution in [0.2, 0.25) is 0 Å². The van der Waals surface area contributed by atoms with E-state index >= 15 is 0 Å². The molecule has 10 heteroatoms. The minimum absolute atomic E-state index is 0.0850. The van der Waals surface area contributed by atoms with Gasteiger partial charge < -0.3 is 5.32 Å². The molecule has 0 saturated carbocycles. The van der Waals surface area contributed by atoms with Gasteiger partial charge in [0.1, 0.15) is 18.1 Å². The van der Waals surface area contributed by atoms with E-state index in [0.717, 1.165) is 11.2 Å². The van der Waals surface area contributed by atoms with E-state index in [2.05, 4.69) is 20.4 Å². The van der Waals surface area contributed by atoms with Crippen molar-refractivity contribution in [3.8, 4) is 0 Å². The number of nitrogens with one attached hydrogen (secondary N) is 1. The Morgan fingerprint density at radius 2 is 2.14 bits per heavy atom. The van der Waals surface area contributed by atoms with Gasteiger partial charge in [0, 0.05) is 17.3 Å². The number of fused-ring (bicyclic) bond motifs is 1. The number of Topliss-reactive ketones (excluding diaryl/α,β-unsaturated/α-hetero) is 1. The molecule has 0 aromatic carbocycles. The molecular formula is C18H14F3N5OS. The number of hydrogen-bond acceptors (Lipinski definition) is 6. The zero-order chi connectivity index (χ0) is 19.9. The van der Waals surface area contributed by atoms with Crippen LogP contribution in [0.3, 0.4) is 0 Å². The highest BCUT2D eigenvalue weighted by Gasteiger charge is 2.46. The first-order valence-electron chi connectivity index (χ1n) is 8.41. The molecule has 0 amide bonds. The van der Waals surface area contributed by atoms with E-state index in [1.54, 1.807) is 24.3 Å². The van der Waals surface area contributed by atoms with Crippen LogP contribution in [0.25, 0.3) is 0 Å². The summed E-state index contributed by atoms with van der Waals surface area (Å²) in [6, 6.07) is 5.43. The number of hydrogen-bond donors (Lipinski definition) is 1. The standard InChI is InChI=1S/C18H14F3N5OS/c1-2-11-5-6-12(28-11)15(27)13-14(10-4-3-7-22-8-10)26-17(23-9-24-26)25-16(13)18(19,20)21/h3-9,14H,2H2,1H3,(H,23,24,25). The van der Waals surface area contributed by atoms with E-state index in [1.165, 1.54) is 28.4 Å². The molecule has 1 atom stereocenters. The van der Waals surface area contributed by atoms with Crippen LogP contribution in [0, 0.1) is 0 Å². The van der Waals surface area contributed by atoms with Crippen LogP contribution in [0.15, 0.2) is 54.3 Å². The van der Waals surface area contributed by atoms with Gasteiger partial charge in [0.15, 0.2) is 0 Å². The van der Waals surface area contributed by atoms with Crippen molar-refractivity contribution in [1.82, 2.24) is 19.7 Å². The Labute approximate surface area is 161 Å². The molecule has 1 N–H and O–H groups in total. The first-order chi connectivity index (χ1) is 13.4. The molecule has 0 fully saturated rings. The summed E-state index contributed by atoms with van der Waals surface area (Å²) in [5.41, 5.74) is -1.14. The molecule has 0 saturated heterocycles. The lowest BCUT2D eigenvalue weighted by Crippen LogP contribution is -2.35. The Morgan fingerprint density at radius 1 is 1.32 bits per heavy atom. The number of halogens is 3. The van der Waals surface area contributed by atoms with E-state index in [0.29, 0.717) is 12.0 Å². The molecule has 0 bridgehead atoms. The van der Waals surface area contributed by atoms with Gasteiger partial charge in [-0.3, -0.25) is 9.78 Å². The molecule has 0 radical (unpaired) electrons. The van der Waals surface area contributed by atoms with Crippen LogP contribution >= 0.6 is 11.3 Å². The van der Waals surface area contributed by atoms with E-state index in [1.807, 2.05) is 6.92 Å². The number of pyridine rings is 1. The van der Waals surface area contributed by atoms with Crippen molar-refractivity contribution in [1.29, 1.82) is 0 Å². The monoisotopic (exact) mass is 405 g/mol. The van der Waals surface area contributed by atoms with Crippen LogP contribution in [0.1, 0.15) is 33.1 Å². The van der Waals surface area contributed by atoms with Gasteiger partial charge in [0.2, 0.25) is 11.7 Å². The van der Waals surface area contributed by atoms with Crippen molar-refractivity contribution in [2.45, 2.75) is 25.6 Å². The van der Waals surface area contributed by atoms with Crippen molar-refractivity contribution in [2.75, 3.05) is 5.32 Å². The van der Waals surface area contributed by atoms with E-state index in [4.69, 9.17) is 0 Å². The fourth-order valence-electron chi connectivity index (χ4n) is 3.10. The summed E-state index contributed by atoms with van der Waals surface area (Å²) in [7, 11) is 0. The first-order valence-corrected chi connectivity index (χ1v) is 9.23. The van der Waals surface area contributed by atoms with Crippen LogP contribution in [-0.4, -0.2) is 31.7 Å². The summed E-state index contributed by atoms with van der Waals surface area (Å²) in [6.45, 7) is 1.92. The molecule has 3 aromatic heterocycles. The van der Waals surface area contributed by atoms with Gasteiger partial charge in [-0.2, -0.15) is 23.3 Å². The number of allylic oxidation sites excluding steroid dienone is 2. The fraction of sp³-hybridized carbons (Fsp3) is 0.222. The zero-order valence-corrected chi connectivity index (χ0v) is 15.4. The predicted molar refractivity (Wildman–Crippen MR) is 97.1 cm³/mol. The third-order valence-electron chi connectivity index (χ3n) is 4.36. The summed E-state index contributed by atoms with van der Waals surface area (Å²) in [6.07, 6.45) is 0.00564. The number of nitrogens with zero attached hydrogens (tertiary/aromatic N) is 4. The van der Waals surface area contributed by atoms with Crippen LogP contribution in [0.4, 0.5) is 19.1 Å². The number of rotatable bonds is 4. The highest BCUT2D eigenvalue weighted by Crippen LogP contribution is 2.42. The maximum atomic E-state index is 13.9. The Balaban J connectivity index is 1.94. The molecule has 1 aliphatic rings. The maximum absolute atomic E-state index is 13.9. The van der Waals surface area contributed by atoms with Crippen LogP contribution < -0.4 is 5.32 Å². The first kappa shape index (κ1) is 18.4. The molecule has 144 valence electrons. The second-order valence-electron chi connectivity index (χ2n) is 6.08. The predicted octanol–water partition coefficient (Wildman–Crippen LogP) is 4.01. The maximum Gasteiger partial charge on any atom is 0.431 e. The number of anilines is 1. The van der Waals surface area contributed by atoms with E-state index in [9.17, 15) is 18.0 Å². The quantitative estimate of drug-likeness (QED) is 0.664. The summed E-state index contributed by atoms with van der Waals surface area (Å²) < 4.78 is 42.9. The number of alkyl halides is 3. The van der Waals surface area contributed by atoms with Crippen LogP contribution in [0.5, 0.6) is 0 Å². The number of aryl methyl sites for hydroxylation is 1. The molecule has 4 rings (SSSR count). The normalized spacial score (nSPS) is 16.6. The number of ketones is 1. The molecule has 1 aliphatic heterocycles. The molecule has 6 nitrogen and oxygen atoms in total. The van der Waals surface area contributed by atoms with E-state index < -0.39 is 29.3 Å². The lowest BCUT2D eigenvalue weighted by molar-refractivity contribution is -0.0918. The topological polar surface area (TPSA) is 72.7 Å². The number of aromatic nitrogens is 4. The molecule has 3 aromatic rings. The minimum Gasteiger partial charge on any atom is -0.320 e. The minimum atomic E-state index is -4.77. The van der Waals surface area contributed by atoms with E-state index in [-0.39, 0.29) is 10.8 Å². The van der Waals surface area contributed by atoms with Gasteiger partial charge >= 0.3 is 6.18 Å². The lowest BCUT2D eigenvalue weighted by atomic mass is 9.92. The Morgan fingerprint density at radius 3 is 2.79 bits per heavy atom. The van der Waals surface area contributed by atoms with Crippen molar-refractivity contribution in [2.24, 2.45) is 0 Å². The van der Waals surface area contributed by atoms with Gasteiger partial charge in [0.05, 0.1) is 10.5 Å². The number of thiophene rings is 1. The summed E-state index contributed by atoms with van der Waals surface area (Å²) in [4.78, 5) is 22.2. The molecule has 28 heavy (non-hydrogen) atoms. The van der Waals surface area contributed by atoms with Crippen molar-refractivity contribution < 1.29 is 18.0 Å². The average Bonchev–Trinajstić information content (AvgIpc) is 3.35. The van der Waals surface area contributed by atoms with Gasteiger partial charge in [-0.15, -0.1) is 11.3 Å². The third kappa shape index (κ3) is 3.09. The zero-order valence-electron chi connectivity index (χ0n) is 14.6. The smallest absolute Gasteiger partial charge is 0.320 e. The molecule has 0 spiro atoms. The Hall–Kier alpha value is -3.01. The summed E-state index contributed by atoms with van der Waals surface area (Å²) in [5.74, 6) is -0.780. The van der Waals surface area contributed by atoms with Gasteiger partial charge in [0.25, 0.3) is 0 Å². The Kier molecular flexibility index (Phi) is 4.50. The van der Waals surface area contributed by atoms with Gasteiger partial charge in [-0.1, -0.05) is 13.0 Å². The van der Waals surface area contributed by atoms with Crippen molar-refractivity contribution >= 4 is 23.1 Å². The van der Waals surface area contributed by atoms with Crippen molar-refractivity contribution in [3.63, 3.8) is 0 Å². The molecular weight excluding hydrogens is 391 g/mol. The van der Waals surface area contributed by atoms with Crippen molar-refractivity contribution in [3.05, 3.63) is 69.6 Å². The number of carbonyl (C=O) groups excluding carboxylic acids is 1. The Bertz CT molecular complexity index is 1050. The highest BCUT2D eigenvalue weighted by atomic mass is 32.1. The lowest BCUT2D eigenvalue weighted by Gasteiger charge is -2.30. The second kappa shape index (κ2) is 6.86. The second-order valence-corrected chi connectivity index (χ2v) is 7.25. The van der Waals surface area contributed by atoms with Gasteiger partial charge in [-0.05, 0) is 30.2 Å². The summed E-state index contributed by atoms with van der Waals surface area (Å²) >= 11 is 1.19. The van der Waals surface area contributed by atoms with Gasteiger partial charge in [-0.25, -0.2) is 4.68 Å². The third-order valence-corrected chi connectivity index (χ3v) is 5.59.